The monoisotopic (exact) mass is 149 g/mol. The van der Waals surface area contributed by atoms with Crippen molar-refractivity contribution in [1.29, 1.82) is 0 Å². The Morgan fingerprint density at radius 1 is 1.78 bits per heavy atom. The average molecular weight is 149 g/mol. The lowest BCUT2D eigenvalue weighted by Crippen LogP contribution is -2.34. The van der Waals surface area contributed by atoms with Gasteiger partial charge in [-0.3, -0.25) is 0 Å². The Labute approximate surface area is 57.8 Å². The lowest BCUT2D eigenvalue weighted by atomic mass is 10.7. The number of hydrogen-bond acceptors (Lipinski definition) is 3. The third-order valence-electron chi connectivity index (χ3n) is 1.11. The molecule has 1 aliphatic carbocycles. The Bertz CT molecular complexity index is 95.0. The molecule has 2 unspecified atom stereocenters. The van der Waals surface area contributed by atoms with Gasteiger partial charge < -0.3 is 9.66 Å². The molecule has 0 aromatic rings. The van der Waals surface area contributed by atoms with Gasteiger partial charge in [0.05, 0.1) is 0 Å². The van der Waals surface area contributed by atoms with Gasteiger partial charge in [-0.05, 0) is 6.92 Å². The number of aliphatic hydroxyl groups excluding tert-OH is 1. The summed E-state index contributed by atoms with van der Waals surface area (Å²) in [5, 5.41) is 9.00. The van der Waals surface area contributed by atoms with E-state index in [-0.39, 0.29) is 0 Å². The van der Waals surface area contributed by atoms with Gasteiger partial charge in [-0.2, -0.15) is 0 Å². The molecule has 4 heteroatoms. The zero-order valence-corrected chi connectivity index (χ0v) is 6.15. The molecule has 54 valence electrons. The molecule has 0 aliphatic heterocycles. The molecule has 0 saturated heterocycles. The van der Waals surface area contributed by atoms with E-state index in [1.54, 1.807) is 6.92 Å². The molecule has 1 aliphatic rings. The predicted octanol–water partition coefficient (Wildman–Crippen LogP) is -0.260. The first-order chi connectivity index (χ1) is 4.20. The minimum absolute atomic E-state index is 0.305. The van der Waals surface area contributed by atoms with Gasteiger partial charge in [0.15, 0.2) is 0 Å². The van der Waals surface area contributed by atoms with Crippen LogP contribution in [-0.2, 0) is 11.4 Å². The van der Waals surface area contributed by atoms with Crippen molar-refractivity contribution >= 4 is 11.4 Å². The van der Waals surface area contributed by atoms with E-state index in [1.165, 1.54) is 0 Å². The Balaban J connectivity index is 2.10. The molecule has 1 saturated carbocycles. The second-order valence-corrected chi connectivity index (χ2v) is 3.79. The van der Waals surface area contributed by atoms with Crippen LogP contribution in [0, 0.1) is 0 Å². The molecule has 9 heavy (non-hydrogen) atoms. The van der Waals surface area contributed by atoms with E-state index < -0.39 is 17.6 Å². The van der Waals surface area contributed by atoms with Gasteiger partial charge in [-0.25, -0.2) is 0 Å². The summed E-state index contributed by atoms with van der Waals surface area (Å²) in [6, 6.07) is 0. The number of nitrogens with one attached hydrogen (secondary N) is 1. The average Bonchev–Trinajstić information content (AvgIpc) is 2.40. The van der Waals surface area contributed by atoms with Gasteiger partial charge in [0.25, 0.3) is 0 Å². The molecule has 1 fully saturated rings. The van der Waals surface area contributed by atoms with Crippen LogP contribution >= 0.6 is 0 Å². The van der Waals surface area contributed by atoms with E-state index in [4.69, 9.17) is 5.11 Å². The fraction of sp³-hybridized carbons (Fsp3) is 1.00. The van der Waals surface area contributed by atoms with Gasteiger partial charge >= 0.3 is 0 Å². The van der Waals surface area contributed by atoms with Crippen molar-refractivity contribution in [1.82, 2.24) is 4.72 Å². The van der Waals surface area contributed by atoms with Crippen molar-refractivity contribution in [2.24, 2.45) is 0 Å². The summed E-state index contributed by atoms with van der Waals surface area (Å²) in [5.74, 6) is 0. The van der Waals surface area contributed by atoms with Crippen LogP contribution in [0.25, 0.3) is 0 Å². The molecular weight excluding hydrogens is 138 g/mol. The lowest BCUT2D eigenvalue weighted by molar-refractivity contribution is 0.183. The highest BCUT2D eigenvalue weighted by Crippen LogP contribution is 2.27. The maximum absolute atomic E-state index is 10.9. The van der Waals surface area contributed by atoms with Gasteiger partial charge in [0.1, 0.15) is 11.5 Å². The number of hydrogen-bond donors (Lipinski definition) is 2. The Morgan fingerprint density at radius 2 is 2.33 bits per heavy atom. The summed E-state index contributed by atoms with van der Waals surface area (Å²) in [6.45, 7) is 1.57. The van der Waals surface area contributed by atoms with Crippen LogP contribution in [0.5, 0.6) is 0 Å². The molecule has 0 aromatic carbocycles. The minimum atomic E-state index is -0.991. The van der Waals surface area contributed by atoms with E-state index in [0.717, 1.165) is 12.8 Å². The van der Waals surface area contributed by atoms with Crippen LogP contribution in [0.4, 0.5) is 0 Å². The van der Waals surface area contributed by atoms with Crippen LogP contribution in [0.2, 0.25) is 0 Å². The fourth-order valence-corrected chi connectivity index (χ4v) is 1.64. The van der Waals surface area contributed by atoms with Gasteiger partial charge in [0.2, 0.25) is 0 Å². The van der Waals surface area contributed by atoms with Crippen LogP contribution in [-0.4, -0.2) is 21.1 Å². The quantitative estimate of drug-likeness (QED) is 0.429. The van der Waals surface area contributed by atoms with Gasteiger partial charge in [0, 0.05) is 24.2 Å². The smallest absolute Gasteiger partial charge is 0.144 e. The fourth-order valence-electron chi connectivity index (χ4n) is 0.546. The van der Waals surface area contributed by atoms with Crippen molar-refractivity contribution < 1.29 is 9.66 Å². The first kappa shape index (κ1) is 7.34. The normalized spacial score (nSPS) is 25.7. The molecule has 0 bridgehead atoms. The summed E-state index contributed by atoms with van der Waals surface area (Å²) in [5.41, 5.74) is 0. The second kappa shape index (κ2) is 2.88. The zero-order chi connectivity index (χ0) is 6.85. The highest BCUT2D eigenvalue weighted by atomic mass is 32.2. The van der Waals surface area contributed by atoms with Crippen molar-refractivity contribution in [3.63, 3.8) is 0 Å². The summed E-state index contributed by atoms with van der Waals surface area (Å²) in [4.78, 5) is 0. The van der Waals surface area contributed by atoms with Crippen LogP contribution in [0.15, 0.2) is 0 Å². The number of rotatable bonds is 3. The molecule has 0 amide bonds. The molecule has 0 radical (unpaired) electrons. The minimum Gasteiger partial charge on any atom is -0.598 e. The Hall–Kier alpha value is 0.230. The molecule has 0 spiro atoms. The highest BCUT2D eigenvalue weighted by Gasteiger charge is 2.35. The van der Waals surface area contributed by atoms with E-state index in [2.05, 4.69) is 4.72 Å². The number of aliphatic hydroxyl groups is 1. The van der Waals surface area contributed by atoms with Gasteiger partial charge in [-0.15, -0.1) is 4.72 Å². The highest BCUT2D eigenvalue weighted by molar-refractivity contribution is 7.90. The van der Waals surface area contributed by atoms with Crippen molar-refractivity contribution in [3.05, 3.63) is 0 Å². The molecular formula is C5H11NO2S. The van der Waals surface area contributed by atoms with E-state index >= 15 is 0 Å². The summed E-state index contributed by atoms with van der Waals surface area (Å²) in [7, 11) is 0. The lowest BCUT2D eigenvalue weighted by Gasteiger charge is -2.11. The van der Waals surface area contributed by atoms with Crippen molar-refractivity contribution in [2.45, 2.75) is 31.2 Å². The Kier molecular flexibility index (Phi) is 2.35. The van der Waals surface area contributed by atoms with Crippen LogP contribution in [0.1, 0.15) is 19.8 Å². The molecule has 2 N–H and O–H groups in total. The van der Waals surface area contributed by atoms with E-state index in [1.807, 2.05) is 0 Å². The van der Waals surface area contributed by atoms with E-state index in [9.17, 15) is 4.55 Å². The molecule has 2 atom stereocenters. The van der Waals surface area contributed by atoms with Crippen LogP contribution < -0.4 is 4.72 Å². The molecule has 1 rings (SSSR count). The second-order valence-electron chi connectivity index (χ2n) is 2.29. The first-order valence-corrected chi connectivity index (χ1v) is 4.26. The van der Waals surface area contributed by atoms with Crippen molar-refractivity contribution in [3.8, 4) is 0 Å². The largest absolute Gasteiger partial charge is 0.598 e. The molecule has 0 heterocycles. The first-order valence-electron chi connectivity index (χ1n) is 3.05. The molecule has 3 nitrogen and oxygen atoms in total. The van der Waals surface area contributed by atoms with Crippen molar-refractivity contribution in [2.75, 3.05) is 0 Å². The third kappa shape index (κ3) is 2.53. The summed E-state index contributed by atoms with van der Waals surface area (Å²) >= 11 is -0.991. The maximum atomic E-state index is 10.9. The third-order valence-corrected chi connectivity index (χ3v) is 2.76. The maximum Gasteiger partial charge on any atom is 0.144 e. The van der Waals surface area contributed by atoms with Gasteiger partial charge in [-0.1, -0.05) is 0 Å². The summed E-state index contributed by atoms with van der Waals surface area (Å²) in [6.07, 6.45) is 1.42. The Morgan fingerprint density at radius 3 is 2.67 bits per heavy atom. The van der Waals surface area contributed by atoms with Crippen LogP contribution in [0.3, 0.4) is 0 Å². The standard InChI is InChI=1S/C5H11NO2S/c1-4(7)6-9(8)5-2-3-5/h4-7H,2-3H2,1H3. The summed E-state index contributed by atoms with van der Waals surface area (Å²) < 4.78 is 13.4. The van der Waals surface area contributed by atoms with E-state index in [0.29, 0.717) is 5.25 Å². The molecule has 0 aromatic heterocycles. The predicted molar refractivity (Wildman–Crippen MR) is 36.0 cm³/mol. The topological polar surface area (TPSA) is 55.3 Å². The SMILES string of the molecule is CC(O)N[S+]([O-])C1CC1. The zero-order valence-electron chi connectivity index (χ0n) is 5.33.